The van der Waals surface area contributed by atoms with Crippen molar-refractivity contribution in [2.45, 2.75) is 52.9 Å². The van der Waals surface area contributed by atoms with Gasteiger partial charge in [0.2, 0.25) is 0 Å². The number of rotatable bonds is 9. The van der Waals surface area contributed by atoms with Gasteiger partial charge in [0.1, 0.15) is 0 Å². The van der Waals surface area contributed by atoms with E-state index in [-0.39, 0.29) is 0 Å². The minimum atomic E-state index is 0.526. The van der Waals surface area contributed by atoms with Gasteiger partial charge in [0.05, 0.1) is 6.61 Å². The van der Waals surface area contributed by atoms with Crippen LogP contribution in [0.25, 0.3) is 0 Å². The van der Waals surface area contributed by atoms with Crippen molar-refractivity contribution in [2.75, 3.05) is 6.61 Å². The molecule has 14 heavy (non-hydrogen) atoms. The van der Waals surface area contributed by atoms with E-state index in [0.29, 0.717) is 6.61 Å². The standard InChI is InChI=1S/C12H23O2/c1-11(2)6-4-7-12(3)8-5-9-14-10-13/h11-12H,4-9H2,1-3H3. The summed E-state index contributed by atoms with van der Waals surface area (Å²) in [6, 6.07) is 0. The van der Waals surface area contributed by atoms with Gasteiger partial charge in [0.25, 0.3) is 0 Å². The molecule has 0 fully saturated rings. The molecule has 0 aromatic rings. The average Bonchev–Trinajstić information content (AvgIpc) is 2.12. The first-order valence-corrected chi connectivity index (χ1v) is 5.65. The smallest absolute Gasteiger partial charge is 0.417 e. The van der Waals surface area contributed by atoms with Crippen LogP contribution in [0.4, 0.5) is 0 Å². The maximum atomic E-state index is 9.75. The summed E-state index contributed by atoms with van der Waals surface area (Å²) in [5.74, 6) is 1.57. The van der Waals surface area contributed by atoms with Gasteiger partial charge in [0.15, 0.2) is 0 Å². The van der Waals surface area contributed by atoms with Crippen molar-refractivity contribution in [2.24, 2.45) is 11.8 Å². The Labute approximate surface area is 88.0 Å². The lowest BCUT2D eigenvalue weighted by molar-refractivity contribution is 0.259. The molecule has 0 spiro atoms. The Kier molecular flexibility index (Phi) is 8.70. The van der Waals surface area contributed by atoms with Gasteiger partial charge in [-0.15, -0.1) is 0 Å². The van der Waals surface area contributed by atoms with Gasteiger partial charge < -0.3 is 4.74 Å². The van der Waals surface area contributed by atoms with E-state index in [2.05, 4.69) is 25.5 Å². The van der Waals surface area contributed by atoms with Gasteiger partial charge in [-0.3, -0.25) is 0 Å². The molecular weight excluding hydrogens is 176 g/mol. The van der Waals surface area contributed by atoms with E-state index in [1.807, 2.05) is 0 Å². The zero-order chi connectivity index (χ0) is 10.8. The molecule has 0 rings (SSSR count). The highest BCUT2D eigenvalue weighted by Crippen LogP contribution is 2.16. The Hall–Kier alpha value is -0.530. The van der Waals surface area contributed by atoms with Crippen LogP contribution in [-0.2, 0) is 9.53 Å². The Balaban J connectivity index is 3.19. The molecule has 0 heterocycles. The molecule has 0 aromatic heterocycles. The minimum Gasteiger partial charge on any atom is -0.457 e. The number of hydrogen-bond donors (Lipinski definition) is 0. The normalized spacial score (nSPS) is 12.9. The maximum Gasteiger partial charge on any atom is 0.417 e. The molecule has 1 atom stereocenters. The topological polar surface area (TPSA) is 26.3 Å². The van der Waals surface area contributed by atoms with Crippen LogP contribution in [0.3, 0.4) is 0 Å². The molecule has 0 aliphatic carbocycles. The lowest BCUT2D eigenvalue weighted by Gasteiger charge is -2.11. The summed E-state index contributed by atoms with van der Waals surface area (Å²) in [5.41, 5.74) is 0. The zero-order valence-electron chi connectivity index (χ0n) is 9.71. The van der Waals surface area contributed by atoms with Crippen LogP contribution in [0.2, 0.25) is 0 Å². The van der Waals surface area contributed by atoms with Gasteiger partial charge in [-0.25, -0.2) is 4.79 Å². The monoisotopic (exact) mass is 199 g/mol. The summed E-state index contributed by atoms with van der Waals surface area (Å²) in [5, 5.41) is 0. The van der Waals surface area contributed by atoms with Crippen molar-refractivity contribution in [3.8, 4) is 0 Å². The molecule has 0 saturated heterocycles. The third-order valence-electron chi connectivity index (χ3n) is 2.48. The summed E-state index contributed by atoms with van der Waals surface area (Å²) >= 11 is 0. The molecular formula is C12H23O2. The van der Waals surface area contributed by atoms with Crippen molar-refractivity contribution < 1.29 is 9.53 Å². The van der Waals surface area contributed by atoms with E-state index in [4.69, 9.17) is 0 Å². The summed E-state index contributed by atoms with van der Waals surface area (Å²) in [7, 11) is 0. The van der Waals surface area contributed by atoms with E-state index in [9.17, 15) is 4.79 Å². The van der Waals surface area contributed by atoms with Gasteiger partial charge in [0, 0.05) is 0 Å². The second-order valence-electron chi connectivity index (χ2n) is 4.50. The van der Waals surface area contributed by atoms with Crippen molar-refractivity contribution in [3.05, 3.63) is 0 Å². The first-order valence-electron chi connectivity index (χ1n) is 5.65. The van der Waals surface area contributed by atoms with Crippen molar-refractivity contribution in [1.82, 2.24) is 0 Å². The number of ether oxygens (including phenoxy) is 1. The van der Waals surface area contributed by atoms with Crippen molar-refractivity contribution >= 4 is 6.47 Å². The lowest BCUT2D eigenvalue weighted by Crippen LogP contribution is -1.99. The maximum absolute atomic E-state index is 9.75. The first-order chi connectivity index (χ1) is 6.66. The fraction of sp³-hybridized carbons (Fsp3) is 0.917. The van der Waals surface area contributed by atoms with Gasteiger partial charge in [-0.1, -0.05) is 40.0 Å². The van der Waals surface area contributed by atoms with Crippen LogP contribution < -0.4 is 0 Å². The molecule has 2 heteroatoms. The summed E-state index contributed by atoms with van der Waals surface area (Å²) < 4.78 is 4.52. The van der Waals surface area contributed by atoms with Gasteiger partial charge in [-0.2, -0.15) is 0 Å². The van der Waals surface area contributed by atoms with E-state index in [1.54, 1.807) is 0 Å². The fourth-order valence-corrected chi connectivity index (χ4v) is 1.56. The minimum absolute atomic E-state index is 0.526. The van der Waals surface area contributed by atoms with Gasteiger partial charge in [-0.05, 0) is 24.7 Å². The van der Waals surface area contributed by atoms with Crippen molar-refractivity contribution in [3.63, 3.8) is 0 Å². The molecule has 83 valence electrons. The van der Waals surface area contributed by atoms with Crippen LogP contribution in [0.15, 0.2) is 0 Å². The SMILES string of the molecule is CC(C)CCCC(C)CCCO[C]=O. The number of hydrogen-bond acceptors (Lipinski definition) is 2. The third-order valence-corrected chi connectivity index (χ3v) is 2.48. The second kappa shape index (κ2) is 9.04. The molecule has 0 aromatic carbocycles. The molecule has 0 aliphatic rings. The fourth-order valence-electron chi connectivity index (χ4n) is 1.56. The number of carbonyl (C=O) groups excluding carboxylic acids is 1. The van der Waals surface area contributed by atoms with Crippen molar-refractivity contribution in [1.29, 1.82) is 0 Å². The Bertz CT molecular complexity index is 132. The molecule has 0 saturated carbocycles. The highest BCUT2D eigenvalue weighted by molar-refractivity contribution is 5.37. The van der Waals surface area contributed by atoms with Crippen LogP contribution in [0.5, 0.6) is 0 Å². The Morgan fingerprint density at radius 1 is 1.07 bits per heavy atom. The van der Waals surface area contributed by atoms with Crippen LogP contribution in [0, 0.1) is 11.8 Å². The quantitative estimate of drug-likeness (QED) is 0.532. The molecule has 0 aliphatic heterocycles. The Morgan fingerprint density at radius 2 is 1.71 bits per heavy atom. The highest BCUT2D eigenvalue weighted by Gasteiger charge is 2.02. The largest absolute Gasteiger partial charge is 0.457 e. The third kappa shape index (κ3) is 9.56. The van der Waals surface area contributed by atoms with Gasteiger partial charge >= 0.3 is 6.47 Å². The summed E-state index contributed by atoms with van der Waals surface area (Å²) in [6.07, 6.45) is 6.06. The van der Waals surface area contributed by atoms with E-state index >= 15 is 0 Å². The molecule has 0 N–H and O–H groups in total. The first kappa shape index (κ1) is 13.5. The molecule has 2 nitrogen and oxygen atoms in total. The average molecular weight is 199 g/mol. The molecule has 0 amide bonds. The van der Waals surface area contributed by atoms with E-state index in [1.165, 1.54) is 25.7 Å². The predicted octanol–water partition coefficient (Wildman–Crippen LogP) is 3.31. The highest BCUT2D eigenvalue weighted by atomic mass is 16.5. The zero-order valence-corrected chi connectivity index (χ0v) is 9.71. The van der Waals surface area contributed by atoms with Crippen LogP contribution >= 0.6 is 0 Å². The van der Waals surface area contributed by atoms with E-state index < -0.39 is 0 Å². The summed E-state index contributed by atoms with van der Waals surface area (Å²) in [4.78, 5) is 9.75. The molecule has 1 radical (unpaired) electrons. The Morgan fingerprint density at radius 3 is 2.29 bits per heavy atom. The van der Waals surface area contributed by atoms with E-state index in [0.717, 1.165) is 24.7 Å². The van der Waals surface area contributed by atoms with Crippen LogP contribution in [-0.4, -0.2) is 13.1 Å². The second-order valence-corrected chi connectivity index (χ2v) is 4.50. The predicted molar refractivity (Wildman–Crippen MR) is 58.7 cm³/mol. The molecule has 1 unspecified atom stereocenters. The summed E-state index contributed by atoms with van der Waals surface area (Å²) in [6.45, 7) is 8.77. The molecule has 0 bridgehead atoms. The van der Waals surface area contributed by atoms with Crippen LogP contribution in [0.1, 0.15) is 52.9 Å². The lowest BCUT2D eigenvalue weighted by atomic mass is 9.96.